The minimum absolute atomic E-state index is 0.0765. The first-order chi connectivity index (χ1) is 16.3. The molecule has 1 aromatic rings. The molecule has 3 rings (SSSR count). The number of carboxylic acids is 1. The number of nitrogens with zero attached hydrogens (tertiary/aromatic N) is 3. The van der Waals surface area contributed by atoms with E-state index in [0.717, 1.165) is 11.3 Å². The molecule has 0 spiro atoms. The number of hydrogen-bond donors (Lipinski definition) is 3. The Morgan fingerprint density at radius 3 is 2.63 bits per heavy atom. The highest BCUT2D eigenvalue weighted by atomic mass is 32.2. The third kappa shape index (κ3) is 5.90. The van der Waals surface area contributed by atoms with E-state index in [1.54, 1.807) is 27.0 Å². The fourth-order valence-electron chi connectivity index (χ4n) is 3.12. The van der Waals surface area contributed by atoms with Gasteiger partial charge in [-0.1, -0.05) is 5.16 Å². The Hall–Kier alpha value is -2.78. The van der Waals surface area contributed by atoms with E-state index in [-0.39, 0.29) is 22.2 Å². The summed E-state index contributed by atoms with van der Waals surface area (Å²) >= 11 is 3.67. The molecule has 4 N–H and O–H groups in total. The van der Waals surface area contributed by atoms with Crippen LogP contribution in [0.1, 0.15) is 33.4 Å². The van der Waals surface area contributed by atoms with E-state index in [4.69, 9.17) is 15.3 Å². The zero-order valence-corrected chi connectivity index (χ0v) is 22.0. The van der Waals surface area contributed by atoms with Gasteiger partial charge in [0, 0.05) is 16.0 Å². The molecule has 3 atom stereocenters. The van der Waals surface area contributed by atoms with Gasteiger partial charge in [-0.3, -0.25) is 14.5 Å². The van der Waals surface area contributed by atoms with Crippen LogP contribution in [0.15, 0.2) is 21.1 Å². The van der Waals surface area contributed by atoms with Crippen LogP contribution in [0.4, 0.5) is 5.13 Å². The number of nitrogens with one attached hydrogen (secondary N) is 1. The molecule has 12 nitrogen and oxygen atoms in total. The molecule has 1 saturated heterocycles. The van der Waals surface area contributed by atoms with Crippen molar-refractivity contribution in [3.8, 4) is 0 Å². The van der Waals surface area contributed by atoms with Crippen LogP contribution in [-0.4, -0.2) is 79.6 Å². The number of thiazole rings is 1. The lowest BCUT2D eigenvalue weighted by molar-refractivity contribution is -0.167. The molecule has 2 amide bonds. The predicted molar refractivity (Wildman–Crippen MR) is 133 cm³/mol. The van der Waals surface area contributed by atoms with E-state index in [0.29, 0.717) is 10.7 Å². The average molecular weight is 544 g/mol. The summed E-state index contributed by atoms with van der Waals surface area (Å²) in [6.45, 7) is 6.52. The molecular formula is C20H25N5O7S3. The number of rotatable bonds is 8. The number of esters is 1. The number of carbonyl (C=O) groups excluding carboxylic acids is 3. The Morgan fingerprint density at radius 2 is 2.09 bits per heavy atom. The standard InChI is InChI=1S/C20H25N5O7S3/c1-8(18(30)31-20(2,3)4)32-24-11(9-6-35-19(21)22-9)14(26)23-12-15(27)25-13(17(28)29)10(33-5)7-34-16(12)25/h6,8,12,16H,7H2,1-5H3,(H2,21,22)(H,23,26)(H,28,29)/t8?,12?,16-/m0/s1. The molecule has 0 saturated carbocycles. The van der Waals surface area contributed by atoms with Crippen molar-refractivity contribution in [3.63, 3.8) is 0 Å². The van der Waals surface area contributed by atoms with Crippen molar-refractivity contribution in [2.24, 2.45) is 5.16 Å². The molecule has 15 heteroatoms. The molecule has 3 heterocycles. The molecule has 0 bridgehead atoms. The van der Waals surface area contributed by atoms with Crippen molar-refractivity contribution < 1.29 is 33.9 Å². The first kappa shape index (κ1) is 26.8. The number of amides is 2. The Morgan fingerprint density at radius 1 is 1.40 bits per heavy atom. The first-order valence-corrected chi connectivity index (χ1v) is 13.4. The van der Waals surface area contributed by atoms with Gasteiger partial charge in [0.25, 0.3) is 11.8 Å². The minimum Gasteiger partial charge on any atom is -0.477 e. The Kier molecular flexibility index (Phi) is 8.01. The molecule has 2 aliphatic rings. The summed E-state index contributed by atoms with van der Waals surface area (Å²) in [6.07, 6.45) is 0.611. The lowest BCUT2D eigenvalue weighted by Crippen LogP contribution is -2.71. The number of aliphatic carboxylic acids is 1. The number of nitrogen functional groups attached to an aromatic ring is 1. The highest BCUT2D eigenvalue weighted by Crippen LogP contribution is 2.42. The zero-order chi connectivity index (χ0) is 26.1. The predicted octanol–water partition coefficient (Wildman–Crippen LogP) is 1.24. The Balaban J connectivity index is 1.78. The van der Waals surface area contributed by atoms with Gasteiger partial charge in [-0.2, -0.15) is 0 Å². The van der Waals surface area contributed by atoms with Gasteiger partial charge in [-0.25, -0.2) is 14.6 Å². The number of ether oxygens (including phenoxy) is 1. The summed E-state index contributed by atoms with van der Waals surface area (Å²) < 4.78 is 5.24. The molecule has 0 aromatic carbocycles. The van der Waals surface area contributed by atoms with Gasteiger partial charge < -0.3 is 25.7 Å². The van der Waals surface area contributed by atoms with E-state index in [9.17, 15) is 24.3 Å². The fourth-order valence-corrected chi connectivity index (χ4v) is 5.91. The van der Waals surface area contributed by atoms with E-state index < -0.39 is 46.9 Å². The van der Waals surface area contributed by atoms with E-state index in [2.05, 4.69) is 15.5 Å². The second kappa shape index (κ2) is 10.5. The topological polar surface area (TPSA) is 174 Å². The normalized spacial score (nSPS) is 21.1. The number of anilines is 1. The van der Waals surface area contributed by atoms with Crippen molar-refractivity contribution >= 4 is 69.5 Å². The number of carbonyl (C=O) groups is 4. The molecule has 2 unspecified atom stereocenters. The van der Waals surface area contributed by atoms with Crippen molar-refractivity contribution in [2.45, 2.75) is 50.8 Å². The van der Waals surface area contributed by atoms with Crippen LogP contribution < -0.4 is 11.1 Å². The number of hydrogen-bond acceptors (Lipinski definition) is 12. The number of nitrogens with two attached hydrogens (primary N) is 1. The van der Waals surface area contributed by atoms with Gasteiger partial charge in [-0.15, -0.1) is 34.9 Å². The average Bonchev–Trinajstić information content (AvgIpc) is 3.20. The summed E-state index contributed by atoms with van der Waals surface area (Å²) in [6, 6.07) is -0.977. The van der Waals surface area contributed by atoms with Crippen LogP contribution in [0.5, 0.6) is 0 Å². The van der Waals surface area contributed by atoms with Gasteiger partial charge in [0.05, 0.1) is 0 Å². The van der Waals surface area contributed by atoms with Crippen LogP contribution in [0.3, 0.4) is 0 Å². The van der Waals surface area contributed by atoms with Crippen LogP contribution in [-0.2, 0) is 28.8 Å². The van der Waals surface area contributed by atoms with Gasteiger partial charge >= 0.3 is 11.9 Å². The highest BCUT2D eigenvalue weighted by molar-refractivity contribution is 8.05. The number of fused-ring (bicyclic) bond motifs is 1. The van der Waals surface area contributed by atoms with Crippen molar-refractivity contribution in [2.75, 3.05) is 17.7 Å². The van der Waals surface area contributed by atoms with Crippen LogP contribution in [0.25, 0.3) is 0 Å². The third-order valence-electron chi connectivity index (χ3n) is 4.69. The second-order valence-electron chi connectivity index (χ2n) is 8.43. The van der Waals surface area contributed by atoms with Crippen molar-refractivity contribution in [1.29, 1.82) is 0 Å². The van der Waals surface area contributed by atoms with Crippen LogP contribution in [0.2, 0.25) is 0 Å². The summed E-state index contributed by atoms with van der Waals surface area (Å²) in [5, 5.41) is 17.0. The maximum absolute atomic E-state index is 13.1. The zero-order valence-electron chi connectivity index (χ0n) is 19.6. The third-order valence-corrected chi connectivity index (χ3v) is 7.66. The van der Waals surface area contributed by atoms with Gasteiger partial charge in [0.15, 0.2) is 10.8 Å². The molecule has 35 heavy (non-hydrogen) atoms. The summed E-state index contributed by atoms with van der Waals surface area (Å²) in [5.41, 5.74) is 4.67. The lowest BCUT2D eigenvalue weighted by Gasteiger charge is -2.49. The number of β-lactam (4-membered cyclic amide) rings is 1. The number of aromatic nitrogens is 1. The summed E-state index contributed by atoms with van der Waals surface area (Å²) in [5.74, 6) is -2.84. The lowest BCUT2D eigenvalue weighted by atomic mass is 10.0. The van der Waals surface area contributed by atoms with Crippen molar-refractivity contribution in [3.05, 3.63) is 21.7 Å². The summed E-state index contributed by atoms with van der Waals surface area (Å²) in [4.78, 5) is 60.8. The van der Waals surface area contributed by atoms with E-state index in [1.165, 1.54) is 40.7 Å². The van der Waals surface area contributed by atoms with E-state index in [1.807, 2.05) is 0 Å². The van der Waals surface area contributed by atoms with Crippen LogP contribution >= 0.6 is 34.9 Å². The Labute approximate surface area is 213 Å². The quantitative estimate of drug-likeness (QED) is 0.186. The monoisotopic (exact) mass is 543 g/mol. The molecule has 0 aliphatic carbocycles. The smallest absolute Gasteiger partial charge is 0.353 e. The molecular weight excluding hydrogens is 518 g/mol. The van der Waals surface area contributed by atoms with Crippen molar-refractivity contribution in [1.82, 2.24) is 15.2 Å². The van der Waals surface area contributed by atoms with Gasteiger partial charge in [0.1, 0.15) is 28.4 Å². The van der Waals surface area contributed by atoms with Gasteiger partial charge in [0.2, 0.25) is 6.10 Å². The molecule has 1 fully saturated rings. The second-order valence-corrected chi connectivity index (χ2v) is 11.3. The SMILES string of the molecule is CSC1=C(C(=O)O)N2C(=O)C(NC(=O)C(=NOC(C)C(=O)OC(C)(C)C)c3csc(N)n3)[C@@H]2SC1. The van der Waals surface area contributed by atoms with Gasteiger partial charge in [-0.05, 0) is 34.0 Å². The van der Waals surface area contributed by atoms with E-state index >= 15 is 0 Å². The summed E-state index contributed by atoms with van der Waals surface area (Å²) in [7, 11) is 0. The molecule has 0 radical (unpaired) electrons. The molecule has 1 aromatic heterocycles. The highest BCUT2D eigenvalue weighted by Gasteiger charge is 2.54. The minimum atomic E-state index is -1.21. The number of carboxylic acid groups (broad SMARTS) is 1. The maximum atomic E-state index is 13.1. The largest absolute Gasteiger partial charge is 0.477 e. The molecule has 2 aliphatic heterocycles. The number of oxime groups is 1. The first-order valence-electron chi connectivity index (χ1n) is 10.3. The fraction of sp³-hybridized carbons (Fsp3) is 0.500. The maximum Gasteiger partial charge on any atom is 0.353 e. The Bertz CT molecular complexity index is 1110. The van der Waals surface area contributed by atoms with Crippen LogP contribution in [0, 0.1) is 0 Å². The molecule has 190 valence electrons. The number of thioether (sulfide) groups is 2.